The molecule has 18 rings (SSSR count). The fraction of sp³-hybridized carbons (Fsp3) is 0. The summed E-state index contributed by atoms with van der Waals surface area (Å²) >= 11 is 0. The highest BCUT2D eigenvalue weighted by atomic mass is 28.4. The summed E-state index contributed by atoms with van der Waals surface area (Å²) in [7, 11) is -17.9. The summed E-state index contributed by atoms with van der Waals surface area (Å²) in [6.45, 7) is 0. The SMILES string of the molecule is c1ccc([Si]2(c3ccccc3)OB(c3ccc4ccccc4c3)O[Si](c3ccccc3)(c3ccccc3)OB(c3ccc4ccccc4c3)O2)cc1.c1ccc([Si]2(c3ccccc3)OB(c3ccc4ccccc4c3)O[Si](c3ccccc3)(c3ccccc3)OB(c3ccc4ccccc4c3)O2)cc1. The Morgan fingerprint density at radius 3 is 0.423 bits per heavy atom. The highest BCUT2D eigenvalue weighted by Crippen LogP contribution is 2.29. The third-order valence-electron chi connectivity index (χ3n) is 19.6. The van der Waals surface area contributed by atoms with E-state index in [0.717, 1.165) is 106 Å². The van der Waals surface area contributed by atoms with Crippen LogP contribution >= 0.6 is 0 Å². The Labute approximate surface area is 612 Å². The van der Waals surface area contributed by atoms with Crippen molar-refractivity contribution >= 4 is 169 Å². The van der Waals surface area contributed by atoms with Crippen LogP contribution in [0.5, 0.6) is 0 Å². The second kappa shape index (κ2) is 29.6. The molecule has 2 aliphatic heterocycles. The van der Waals surface area contributed by atoms with Gasteiger partial charge in [0.2, 0.25) is 0 Å². The van der Waals surface area contributed by atoms with E-state index in [4.69, 9.17) is 34.7 Å². The second-order valence-electron chi connectivity index (χ2n) is 26.1. The van der Waals surface area contributed by atoms with Gasteiger partial charge in [-0.1, -0.05) is 413 Å². The lowest BCUT2D eigenvalue weighted by Gasteiger charge is -2.44. The monoisotopic (exact) mass is 1410 g/mol. The third kappa shape index (κ3) is 13.2. The fourth-order valence-electron chi connectivity index (χ4n) is 14.4. The molecule has 0 aromatic heterocycles. The van der Waals surface area contributed by atoms with Gasteiger partial charge in [0.15, 0.2) is 0 Å². The summed E-state index contributed by atoms with van der Waals surface area (Å²) in [6.07, 6.45) is 0. The zero-order chi connectivity index (χ0) is 69.6. The van der Waals surface area contributed by atoms with Crippen molar-refractivity contribution in [1.82, 2.24) is 0 Å². The molecule has 0 unspecified atom stereocenters. The molecule has 2 saturated heterocycles. The Bertz CT molecular complexity index is 4720. The van der Waals surface area contributed by atoms with Crippen molar-refractivity contribution in [3.8, 4) is 0 Å². The van der Waals surface area contributed by atoms with Gasteiger partial charge < -0.3 is 34.7 Å². The van der Waals surface area contributed by atoms with E-state index in [0.29, 0.717) is 0 Å². The molecule has 104 heavy (non-hydrogen) atoms. The first-order valence-electron chi connectivity index (χ1n) is 35.2. The van der Waals surface area contributed by atoms with Crippen LogP contribution in [0.4, 0.5) is 0 Å². The molecule has 2 fully saturated rings. The molecular weight excluding hydrogens is 1340 g/mol. The van der Waals surface area contributed by atoms with Crippen LogP contribution < -0.4 is 63.3 Å². The van der Waals surface area contributed by atoms with E-state index < -0.39 is 62.7 Å². The van der Waals surface area contributed by atoms with Crippen molar-refractivity contribution in [1.29, 1.82) is 0 Å². The topological polar surface area (TPSA) is 73.8 Å². The Morgan fingerprint density at radius 1 is 0.135 bits per heavy atom. The van der Waals surface area contributed by atoms with E-state index >= 15 is 0 Å². The largest absolute Gasteiger partial charge is 0.476 e. The molecule has 0 atom stereocenters. The predicted octanol–water partition coefficient (Wildman–Crippen LogP) is 11.4. The van der Waals surface area contributed by atoms with Crippen LogP contribution in [-0.2, 0) is 34.7 Å². The smallest absolute Gasteiger partial charge is 0.423 e. The molecule has 496 valence electrons. The van der Waals surface area contributed by atoms with Crippen molar-refractivity contribution < 1.29 is 34.7 Å². The molecule has 0 spiro atoms. The lowest BCUT2D eigenvalue weighted by Crippen LogP contribution is -2.78. The molecule has 0 saturated carbocycles. The van der Waals surface area contributed by atoms with Gasteiger partial charge >= 0.3 is 62.7 Å². The normalized spacial score (nSPS) is 15.6. The van der Waals surface area contributed by atoms with Gasteiger partial charge in [-0.2, -0.15) is 0 Å². The van der Waals surface area contributed by atoms with Gasteiger partial charge in [-0.05, 0) is 106 Å². The minimum absolute atomic E-state index is 0.846. The van der Waals surface area contributed by atoms with Crippen molar-refractivity contribution in [2.75, 3.05) is 0 Å². The van der Waals surface area contributed by atoms with E-state index in [1.807, 2.05) is 146 Å². The van der Waals surface area contributed by atoms with Crippen LogP contribution in [0, 0.1) is 0 Å². The molecular formula is C88H68B4O8Si4. The Morgan fingerprint density at radius 2 is 0.269 bits per heavy atom. The van der Waals surface area contributed by atoms with E-state index in [1.165, 1.54) is 0 Å². The fourth-order valence-corrected chi connectivity index (χ4v) is 27.4. The summed E-state index contributed by atoms with van der Waals surface area (Å²) in [4.78, 5) is 0. The second-order valence-corrected chi connectivity index (χ2v) is 37.5. The first-order valence-corrected chi connectivity index (χ1v) is 42.5. The van der Waals surface area contributed by atoms with E-state index in [-0.39, 0.29) is 0 Å². The van der Waals surface area contributed by atoms with Crippen molar-refractivity contribution in [2.45, 2.75) is 0 Å². The first kappa shape index (κ1) is 66.6. The molecule has 0 N–H and O–H groups in total. The van der Waals surface area contributed by atoms with Crippen molar-refractivity contribution in [2.24, 2.45) is 0 Å². The maximum absolute atomic E-state index is 7.67. The number of hydrogen-bond acceptors (Lipinski definition) is 8. The van der Waals surface area contributed by atoms with Crippen LogP contribution in [-0.4, -0.2) is 62.7 Å². The number of rotatable bonds is 12. The molecule has 2 heterocycles. The quantitative estimate of drug-likeness (QED) is 0.112. The van der Waals surface area contributed by atoms with E-state index in [2.05, 4.69) is 267 Å². The van der Waals surface area contributed by atoms with Crippen molar-refractivity contribution in [3.63, 3.8) is 0 Å². The summed E-state index contributed by atoms with van der Waals surface area (Å²) in [5, 5.41) is 16.6. The predicted molar refractivity (Wildman–Crippen MR) is 438 cm³/mol. The lowest BCUT2D eigenvalue weighted by molar-refractivity contribution is 0.287. The summed E-state index contributed by atoms with van der Waals surface area (Å²) in [6, 6.07) is 142. The van der Waals surface area contributed by atoms with Crippen LogP contribution in [0.2, 0.25) is 0 Å². The van der Waals surface area contributed by atoms with Crippen LogP contribution in [0.3, 0.4) is 0 Å². The molecule has 2 aliphatic rings. The standard InChI is InChI=1S/2C44H34B2O4Si2/c2*1-5-21-41(22-6-1)51(42-23-7-2-8-24-42)47-45(39-31-29-35-17-13-15-19-37(35)33-39)49-52(43-25-9-3-10-26-43,44-27-11-4-12-28-44)50-46(48-51)40-32-30-36-18-14-16-20-38(36)34-40/h2*1-34H. The Hall–Kier alpha value is -10.6. The van der Waals surface area contributed by atoms with Gasteiger partial charge in [0.1, 0.15) is 0 Å². The first-order chi connectivity index (χ1) is 51.4. The average Bonchev–Trinajstić information content (AvgIpc) is 0.736. The van der Waals surface area contributed by atoms with Gasteiger partial charge in [0.25, 0.3) is 0 Å². The summed E-state index contributed by atoms with van der Waals surface area (Å²) < 4.78 is 61.4. The molecule has 8 nitrogen and oxygen atoms in total. The van der Waals surface area contributed by atoms with Gasteiger partial charge in [-0.25, -0.2) is 0 Å². The lowest BCUT2D eigenvalue weighted by atomic mass is 9.79. The van der Waals surface area contributed by atoms with Gasteiger partial charge in [0.05, 0.1) is 0 Å². The maximum atomic E-state index is 7.67. The molecule has 16 heteroatoms. The number of benzene rings is 16. The highest BCUT2D eigenvalue weighted by molar-refractivity contribution is 7.08. The summed E-state index contributed by atoms with van der Waals surface area (Å²) in [5.41, 5.74) is 3.56. The highest BCUT2D eigenvalue weighted by Gasteiger charge is 2.60. The van der Waals surface area contributed by atoms with Gasteiger partial charge in [0, 0.05) is 0 Å². The molecule has 16 aromatic carbocycles. The van der Waals surface area contributed by atoms with E-state index in [9.17, 15) is 0 Å². The van der Waals surface area contributed by atoms with E-state index in [1.54, 1.807) is 0 Å². The molecule has 16 aromatic rings. The third-order valence-corrected chi connectivity index (χ3v) is 32.7. The Kier molecular flexibility index (Phi) is 19.0. The zero-order valence-corrected chi connectivity index (χ0v) is 60.8. The van der Waals surface area contributed by atoms with Gasteiger partial charge in [-0.3, -0.25) is 0 Å². The number of hydrogen-bond donors (Lipinski definition) is 0. The van der Waals surface area contributed by atoms with Gasteiger partial charge in [-0.15, -0.1) is 0 Å². The van der Waals surface area contributed by atoms with Crippen LogP contribution in [0.1, 0.15) is 0 Å². The molecule has 0 bridgehead atoms. The number of fused-ring (bicyclic) bond motifs is 4. The molecule has 0 radical (unpaired) electrons. The Balaban J connectivity index is 0.000000154. The molecule has 0 aliphatic carbocycles. The maximum Gasteiger partial charge on any atom is 0.476 e. The minimum atomic E-state index is -3.64. The van der Waals surface area contributed by atoms with Crippen LogP contribution in [0.15, 0.2) is 413 Å². The molecule has 0 amide bonds. The summed E-state index contributed by atoms with van der Waals surface area (Å²) in [5.74, 6) is 0. The zero-order valence-electron chi connectivity index (χ0n) is 56.8. The minimum Gasteiger partial charge on any atom is -0.423 e. The average molecular weight is 1410 g/mol. The van der Waals surface area contributed by atoms with Crippen molar-refractivity contribution in [3.05, 3.63) is 413 Å². The van der Waals surface area contributed by atoms with Crippen LogP contribution in [0.25, 0.3) is 43.1 Å².